The average molecular weight is 667 g/mol. The Morgan fingerprint density at radius 3 is 1.68 bits per heavy atom. The average Bonchev–Trinajstić information content (AvgIpc) is 3.71. The van der Waals surface area contributed by atoms with Gasteiger partial charge < -0.3 is 49.0 Å². The summed E-state index contributed by atoms with van der Waals surface area (Å²) in [6.07, 6.45) is 4.64. The number of aromatic amines is 2. The molecule has 8 N–H and O–H groups in total. The second-order valence-electron chi connectivity index (χ2n) is 8.46. The minimum absolute atomic E-state index is 0. The molecule has 0 amide bonds. The molecule has 3 radical (unpaired) electrons. The number of benzene rings is 2. The minimum Gasteiger partial charge on any atom is -0.793 e. The summed E-state index contributed by atoms with van der Waals surface area (Å²) in [5.41, 5.74) is 8.83. The smallest absolute Gasteiger partial charge is 0.793 e. The number of hydrogen-bond acceptors (Lipinski definition) is 12. The van der Waals surface area contributed by atoms with Crippen LogP contribution in [0.3, 0.4) is 0 Å². The Morgan fingerprint density at radius 2 is 1.28 bits per heavy atom. The zero-order valence-corrected chi connectivity index (χ0v) is 29.1. The van der Waals surface area contributed by atoms with Gasteiger partial charge in [-0.2, -0.15) is 0 Å². The van der Waals surface area contributed by atoms with E-state index in [-0.39, 0.29) is 42.8 Å². The number of nitrogens with one attached hydrogen (secondary N) is 3. The van der Waals surface area contributed by atoms with Crippen molar-refractivity contribution >= 4 is 60.0 Å². The van der Waals surface area contributed by atoms with E-state index in [0.29, 0.717) is 18.7 Å². The van der Waals surface area contributed by atoms with E-state index in [9.17, 15) is 19.2 Å². The number of para-hydroxylation sites is 2. The van der Waals surface area contributed by atoms with Crippen LogP contribution >= 0.6 is 0 Å². The number of aliphatic carboxylic acids is 1. The summed E-state index contributed by atoms with van der Waals surface area (Å²) in [6.45, 7) is 6.68. The molecule has 251 valence electrons. The zero-order chi connectivity index (χ0) is 35.3. The third kappa shape index (κ3) is 25.8. The molecule has 0 aliphatic rings. The molecule has 0 spiro atoms. The Morgan fingerprint density at radius 1 is 0.830 bits per heavy atom. The van der Waals surface area contributed by atoms with Crippen molar-refractivity contribution in [2.24, 2.45) is 5.73 Å². The second kappa shape index (κ2) is 30.6. The van der Waals surface area contributed by atoms with Crippen LogP contribution in [-0.2, 0) is 40.2 Å². The summed E-state index contributed by atoms with van der Waals surface area (Å²) in [6, 6.07) is 15.9. The van der Waals surface area contributed by atoms with Crippen molar-refractivity contribution in [1.29, 1.82) is 0 Å². The van der Waals surface area contributed by atoms with E-state index in [0.717, 1.165) is 44.5 Å². The summed E-state index contributed by atoms with van der Waals surface area (Å²) in [5.74, 6) is -2.58. The van der Waals surface area contributed by atoms with Gasteiger partial charge in [-0.25, -0.2) is 19.4 Å². The van der Waals surface area contributed by atoms with Gasteiger partial charge >= 0.3 is 41.5 Å². The summed E-state index contributed by atoms with van der Waals surface area (Å²) < 4.78 is 3.61. The molecule has 0 aliphatic carbocycles. The van der Waals surface area contributed by atoms with E-state index in [1.54, 1.807) is 6.07 Å². The number of carbonyl (C=O) groups is 5. The van der Waals surface area contributed by atoms with Crippen molar-refractivity contribution in [3.05, 3.63) is 72.1 Å². The molecule has 4 aromatic rings. The molecule has 17 heteroatoms. The van der Waals surface area contributed by atoms with Gasteiger partial charge in [0.15, 0.2) is 6.29 Å². The van der Waals surface area contributed by atoms with Gasteiger partial charge in [0.1, 0.15) is 0 Å². The van der Waals surface area contributed by atoms with Gasteiger partial charge in [-0.15, -0.1) is 0 Å². The first-order valence-corrected chi connectivity index (χ1v) is 13.5. The van der Waals surface area contributed by atoms with E-state index >= 15 is 0 Å². The molecule has 4 rings (SSSR count). The fraction of sp³-hybridized carbons (Fsp3) is 0.300. The number of nitrogens with two attached hydrogens (primary N) is 1. The maximum atomic E-state index is 10.5. The van der Waals surface area contributed by atoms with Crippen LogP contribution in [0.15, 0.2) is 60.9 Å². The van der Waals surface area contributed by atoms with Crippen molar-refractivity contribution < 1.29 is 83.3 Å². The Kier molecular flexibility index (Phi) is 30.9. The van der Waals surface area contributed by atoms with Crippen LogP contribution in [0.2, 0.25) is 0 Å². The number of carboxylic acid groups (broad SMARTS) is 1. The van der Waals surface area contributed by atoms with Crippen LogP contribution in [0, 0.1) is 0 Å². The van der Waals surface area contributed by atoms with Gasteiger partial charge in [-0.3, -0.25) is 14.4 Å². The number of H-pyrrole nitrogens is 2. The Bertz CT molecular complexity index is 1430. The number of aliphatic hydroxyl groups is 2. The van der Waals surface area contributed by atoms with Crippen LogP contribution in [-0.4, -0.2) is 89.8 Å². The van der Waals surface area contributed by atoms with Crippen LogP contribution in [0.25, 0.3) is 21.8 Å². The number of aliphatic hydroxyl groups excluding tert-OH is 2. The number of hydrogen-bond donors (Lipinski definition) is 7. The first-order valence-electron chi connectivity index (χ1n) is 13.5. The number of carboxylic acids is 1. The van der Waals surface area contributed by atoms with E-state index in [4.69, 9.17) is 25.8 Å². The predicted molar refractivity (Wildman–Crippen MR) is 171 cm³/mol. The molecule has 15 nitrogen and oxygen atoms in total. The molecule has 2 aromatic carbocycles. The molecule has 0 bridgehead atoms. The van der Waals surface area contributed by atoms with Gasteiger partial charge in [0.25, 0.3) is 5.97 Å². The third-order valence-corrected chi connectivity index (χ3v) is 4.60. The number of fused-ring (bicyclic) bond motifs is 2. The molecular weight excluding hydrogens is 626 g/mol. The van der Waals surface area contributed by atoms with Crippen LogP contribution in [0.5, 0.6) is 0 Å². The van der Waals surface area contributed by atoms with Crippen LogP contribution in [0.1, 0.15) is 43.6 Å². The summed E-state index contributed by atoms with van der Waals surface area (Å²) in [5, 5.41) is 29.3. The quantitative estimate of drug-likeness (QED) is 0.0426. The van der Waals surface area contributed by atoms with E-state index in [1.807, 2.05) is 36.7 Å². The Hall–Kier alpha value is -4.03. The maximum Gasteiger partial charge on any atom is 1.00 e. The standard InChI is InChI=1S/C11H14N2O.C9H7NO.C4H6O4.C2H3BO2.C2H7NO.C2H4O2.Na/c14-7-6-12-8-10-3-1-2-9-4-5-13-11(9)10;11-6-8-3-1-2-7-4-5-10-9(7)8;1-3(5)7-8-4(2)6;1-2(4)5-3;3-1-2-4;1-2(3)4;/h1-5,12-14H,6-8H2;1-6,10H;1-2H3;1H3;4H,1-3H2;1H3,(H,3,4);/q;;;-1;;;+1. The van der Waals surface area contributed by atoms with E-state index in [1.165, 1.54) is 23.4 Å². The molecule has 0 saturated carbocycles. The van der Waals surface area contributed by atoms with Crippen molar-refractivity contribution in [3.63, 3.8) is 0 Å². The summed E-state index contributed by atoms with van der Waals surface area (Å²) in [4.78, 5) is 62.5. The second-order valence-corrected chi connectivity index (χ2v) is 8.46. The third-order valence-electron chi connectivity index (χ3n) is 4.60. The van der Waals surface area contributed by atoms with Crippen molar-refractivity contribution in [2.75, 3.05) is 26.3 Å². The SMILES string of the molecule is CC(=O)O.CC(=O)OOC(C)=O.NCCO.O=Cc1cccc2cc[nH]c12.OCCNCc1cccc2cc[nH]c12.[B-]OC(C)=O.[Na+]. The van der Waals surface area contributed by atoms with Gasteiger partial charge in [-0.05, 0) is 29.1 Å². The van der Waals surface area contributed by atoms with Gasteiger partial charge in [-0.1, -0.05) is 30.3 Å². The molecule has 0 unspecified atom stereocenters. The Labute approximate surface area is 295 Å². The van der Waals surface area contributed by atoms with Gasteiger partial charge in [0.2, 0.25) is 5.97 Å². The molecule has 0 aliphatic heterocycles. The predicted octanol–water partition coefficient (Wildman–Crippen LogP) is -1.08. The van der Waals surface area contributed by atoms with Gasteiger partial charge in [0, 0.05) is 76.2 Å². The molecule has 0 saturated heterocycles. The molecule has 0 atom stereocenters. The normalized spacial score (nSPS) is 8.85. The summed E-state index contributed by atoms with van der Waals surface area (Å²) >= 11 is 0. The molecule has 2 aromatic heterocycles. The first kappa shape index (κ1) is 47.4. The molecule has 2 heterocycles. The van der Waals surface area contributed by atoms with E-state index in [2.05, 4.69) is 56.0 Å². The van der Waals surface area contributed by atoms with Crippen LogP contribution in [0.4, 0.5) is 0 Å². The Balaban J connectivity index is -0.000000529. The minimum atomic E-state index is -0.833. The van der Waals surface area contributed by atoms with Crippen molar-refractivity contribution in [2.45, 2.75) is 34.2 Å². The summed E-state index contributed by atoms with van der Waals surface area (Å²) in [7, 11) is 4.32. The molecule has 47 heavy (non-hydrogen) atoms. The first-order chi connectivity index (χ1) is 21.9. The van der Waals surface area contributed by atoms with Crippen molar-refractivity contribution in [1.82, 2.24) is 15.3 Å². The topological polar surface area (TPSA) is 243 Å². The number of aromatic nitrogens is 2. The van der Waals surface area contributed by atoms with E-state index < -0.39 is 23.9 Å². The van der Waals surface area contributed by atoms with Crippen LogP contribution < -0.4 is 40.6 Å². The number of carbonyl (C=O) groups excluding carboxylic acids is 4. The molecule has 0 fully saturated rings. The zero-order valence-electron chi connectivity index (χ0n) is 27.1. The monoisotopic (exact) mass is 667 g/mol. The number of aldehydes is 1. The van der Waals surface area contributed by atoms with Crippen molar-refractivity contribution in [3.8, 4) is 0 Å². The maximum absolute atomic E-state index is 10.5. The molecular formula is C30H41BN4NaO11. The fourth-order valence-corrected chi connectivity index (χ4v) is 2.92. The number of rotatable bonds is 6. The van der Waals surface area contributed by atoms with Gasteiger partial charge in [0.05, 0.1) is 18.7 Å². The fourth-order valence-electron chi connectivity index (χ4n) is 2.92. The largest absolute Gasteiger partial charge is 1.00 e.